The van der Waals surface area contributed by atoms with Gasteiger partial charge < -0.3 is 14.5 Å². The van der Waals surface area contributed by atoms with E-state index >= 15 is 0 Å². The first-order chi connectivity index (χ1) is 11.7. The van der Waals surface area contributed by atoms with Crippen LogP contribution in [0.15, 0.2) is 36.5 Å². The van der Waals surface area contributed by atoms with Crippen molar-refractivity contribution in [1.29, 1.82) is 0 Å². The Kier molecular flexibility index (Phi) is 3.94. The zero-order valence-corrected chi connectivity index (χ0v) is 13.9. The molecule has 5 nitrogen and oxygen atoms in total. The van der Waals surface area contributed by atoms with Gasteiger partial charge in [-0.05, 0) is 48.2 Å². The van der Waals surface area contributed by atoms with Crippen molar-refractivity contribution in [3.63, 3.8) is 0 Å². The van der Waals surface area contributed by atoms with E-state index in [4.69, 9.17) is 4.74 Å². The lowest BCUT2D eigenvalue weighted by molar-refractivity contribution is 0.0993. The highest BCUT2D eigenvalue weighted by Gasteiger charge is 2.19. The first-order valence-corrected chi connectivity index (χ1v) is 8.41. The topological polar surface area (TPSA) is 45.7 Å². The van der Waals surface area contributed by atoms with Gasteiger partial charge in [0.15, 0.2) is 0 Å². The standard InChI is InChI=1S/C19H21N3O2/c1-21(19(23)16-5-3-14-2-4-15(14)12-16)17-6-7-18(20-13-17)22-8-10-24-11-9-22/h3,5-7,12-13H,2,4,8-11H2,1H3. The summed E-state index contributed by atoms with van der Waals surface area (Å²) >= 11 is 0. The summed E-state index contributed by atoms with van der Waals surface area (Å²) in [4.78, 5) is 21.1. The maximum absolute atomic E-state index is 12.7. The van der Waals surface area contributed by atoms with E-state index < -0.39 is 0 Å². The molecule has 1 aromatic carbocycles. The summed E-state index contributed by atoms with van der Waals surface area (Å²) in [7, 11) is 1.80. The van der Waals surface area contributed by atoms with Gasteiger partial charge in [-0.15, -0.1) is 0 Å². The molecule has 1 aliphatic carbocycles. The van der Waals surface area contributed by atoms with Gasteiger partial charge in [0.05, 0.1) is 25.1 Å². The fourth-order valence-electron chi connectivity index (χ4n) is 3.20. The zero-order chi connectivity index (χ0) is 16.5. The second-order valence-electron chi connectivity index (χ2n) is 6.32. The summed E-state index contributed by atoms with van der Waals surface area (Å²) in [5, 5.41) is 0. The lowest BCUT2D eigenvalue weighted by Crippen LogP contribution is -2.36. The fourth-order valence-corrected chi connectivity index (χ4v) is 3.20. The van der Waals surface area contributed by atoms with E-state index in [0.717, 1.165) is 56.2 Å². The number of carbonyl (C=O) groups excluding carboxylic acids is 1. The molecule has 1 aromatic heterocycles. The lowest BCUT2D eigenvalue weighted by Gasteiger charge is -2.28. The number of nitrogens with zero attached hydrogens (tertiary/aromatic N) is 3. The highest BCUT2D eigenvalue weighted by atomic mass is 16.5. The van der Waals surface area contributed by atoms with Crippen molar-refractivity contribution in [2.24, 2.45) is 0 Å². The number of amides is 1. The summed E-state index contributed by atoms with van der Waals surface area (Å²) in [6, 6.07) is 9.94. The lowest BCUT2D eigenvalue weighted by atomic mass is 9.87. The molecule has 4 rings (SSSR count). The van der Waals surface area contributed by atoms with Crippen LogP contribution in [0.3, 0.4) is 0 Å². The van der Waals surface area contributed by atoms with Gasteiger partial charge in [0.1, 0.15) is 5.82 Å². The fraction of sp³-hybridized carbons (Fsp3) is 0.368. The summed E-state index contributed by atoms with van der Waals surface area (Å²) in [6.45, 7) is 3.19. The van der Waals surface area contributed by atoms with Crippen LogP contribution in [-0.2, 0) is 17.6 Å². The first-order valence-electron chi connectivity index (χ1n) is 8.41. The van der Waals surface area contributed by atoms with Crippen molar-refractivity contribution in [1.82, 2.24) is 4.98 Å². The largest absolute Gasteiger partial charge is 0.378 e. The van der Waals surface area contributed by atoms with Crippen molar-refractivity contribution >= 4 is 17.4 Å². The summed E-state index contributed by atoms with van der Waals surface area (Å²) < 4.78 is 5.36. The average molecular weight is 323 g/mol. The number of aromatic nitrogens is 1. The molecule has 1 amide bonds. The zero-order valence-electron chi connectivity index (χ0n) is 13.9. The van der Waals surface area contributed by atoms with Crippen molar-refractivity contribution in [3.8, 4) is 0 Å². The number of carbonyl (C=O) groups is 1. The molecule has 0 saturated carbocycles. The highest BCUT2D eigenvalue weighted by Crippen LogP contribution is 2.25. The van der Waals surface area contributed by atoms with Gasteiger partial charge in [0, 0.05) is 25.7 Å². The van der Waals surface area contributed by atoms with Crippen LogP contribution < -0.4 is 9.80 Å². The number of morpholine rings is 1. The number of pyridine rings is 1. The minimum atomic E-state index is 0.00521. The van der Waals surface area contributed by atoms with E-state index in [9.17, 15) is 4.79 Å². The first kappa shape index (κ1) is 15.1. The Morgan fingerprint density at radius 1 is 1.12 bits per heavy atom. The molecule has 1 aliphatic heterocycles. The predicted octanol–water partition coefficient (Wildman–Crippen LogP) is 2.29. The minimum Gasteiger partial charge on any atom is -0.378 e. The molecule has 0 unspecified atom stereocenters. The molecule has 24 heavy (non-hydrogen) atoms. The van der Waals surface area contributed by atoms with Crippen molar-refractivity contribution < 1.29 is 9.53 Å². The van der Waals surface area contributed by atoms with Gasteiger partial charge in [-0.25, -0.2) is 4.98 Å². The Morgan fingerprint density at radius 3 is 2.54 bits per heavy atom. The van der Waals surface area contributed by atoms with E-state index in [1.807, 2.05) is 24.3 Å². The van der Waals surface area contributed by atoms with Crippen LogP contribution in [0.5, 0.6) is 0 Å². The summed E-state index contributed by atoms with van der Waals surface area (Å²) in [5.74, 6) is 0.939. The molecule has 0 bridgehead atoms. The molecule has 0 N–H and O–H groups in total. The van der Waals surface area contributed by atoms with Crippen molar-refractivity contribution in [2.75, 3.05) is 43.2 Å². The van der Waals surface area contributed by atoms with Crippen molar-refractivity contribution in [2.45, 2.75) is 12.8 Å². The van der Waals surface area contributed by atoms with Gasteiger partial charge in [-0.1, -0.05) is 6.07 Å². The number of anilines is 2. The second kappa shape index (κ2) is 6.24. The molecular weight excluding hydrogens is 302 g/mol. The average Bonchev–Trinajstić information content (AvgIpc) is 2.62. The Hall–Kier alpha value is -2.40. The molecule has 124 valence electrons. The van der Waals surface area contributed by atoms with Gasteiger partial charge in [-0.2, -0.15) is 0 Å². The Balaban J connectivity index is 1.49. The molecule has 1 fully saturated rings. The molecule has 2 heterocycles. The van der Waals surface area contributed by atoms with E-state index in [1.165, 1.54) is 11.1 Å². The maximum atomic E-state index is 12.7. The third-order valence-electron chi connectivity index (χ3n) is 4.88. The number of hydrogen-bond donors (Lipinski definition) is 0. The van der Waals surface area contributed by atoms with Gasteiger partial charge in [-0.3, -0.25) is 4.79 Å². The molecule has 0 atom stereocenters. The van der Waals surface area contributed by atoms with Crippen molar-refractivity contribution in [3.05, 3.63) is 53.2 Å². The van der Waals surface area contributed by atoms with Crippen LogP contribution >= 0.6 is 0 Å². The Labute approximate surface area is 141 Å². The molecule has 2 aromatic rings. The van der Waals surface area contributed by atoms with E-state index in [1.54, 1.807) is 18.1 Å². The van der Waals surface area contributed by atoms with E-state index in [0.29, 0.717) is 0 Å². The molecule has 5 heteroatoms. The monoisotopic (exact) mass is 323 g/mol. The smallest absolute Gasteiger partial charge is 0.258 e. The van der Waals surface area contributed by atoms with Crippen LogP contribution in [0.1, 0.15) is 21.5 Å². The number of hydrogen-bond acceptors (Lipinski definition) is 4. The quantitative estimate of drug-likeness (QED) is 0.869. The second-order valence-corrected chi connectivity index (χ2v) is 6.32. The van der Waals surface area contributed by atoms with Crippen LogP contribution in [0, 0.1) is 0 Å². The normalized spacial score (nSPS) is 16.3. The van der Waals surface area contributed by atoms with Gasteiger partial charge in [0.25, 0.3) is 5.91 Å². The molecule has 0 spiro atoms. The molecular formula is C19H21N3O2. The van der Waals surface area contributed by atoms with Crippen LogP contribution in [0.2, 0.25) is 0 Å². The van der Waals surface area contributed by atoms with Crippen LogP contribution in [0.4, 0.5) is 11.5 Å². The highest BCUT2D eigenvalue weighted by molar-refractivity contribution is 6.05. The van der Waals surface area contributed by atoms with Gasteiger partial charge >= 0.3 is 0 Å². The SMILES string of the molecule is CN(C(=O)c1ccc2c(c1)CC2)c1ccc(N2CCOCC2)nc1. The predicted molar refractivity (Wildman–Crippen MR) is 93.9 cm³/mol. The summed E-state index contributed by atoms with van der Waals surface area (Å²) in [6.07, 6.45) is 3.98. The van der Waals surface area contributed by atoms with Gasteiger partial charge in [0.2, 0.25) is 0 Å². The molecule has 0 radical (unpaired) electrons. The van der Waals surface area contributed by atoms with Crippen LogP contribution in [-0.4, -0.2) is 44.2 Å². The Morgan fingerprint density at radius 2 is 1.92 bits per heavy atom. The van der Waals surface area contributed by atoms with Crippen LogP contribution in [0.25, 0.3) is 0 Å². The molecule has 2 aliphatic rings. The number of aryl methyl sites for hydroxylation is 2. The minimum absolute atomic E-state index is 0.00521. The van der Waals surface area contributed by atoms with E-state index in [-0.39, 0.29) is 5.91 Å². The number of benzene rings is 1. The Bertz CT molecular complexity index is 752. The number of fused-ring (bicyclic) bond motifs is 1. The molecule has 1 saturated heterocycles. The third kappa shape index (κ3) is 2.76. The third-order valence-corrected chi connectivity index (χ3v) is 4.88. The maximum Gasteiger partial charge on any atom is 0.258 e. The van der Waals surface area contributed by atoms with E-state index in [2.05, 4.69) is 16.0 Å². The number of ether oxygens (including phenoxy) is 1. The number of rotatable bonds is 3. The summed E-state index contributed by atoms with van der Waals surface area (Å²) in [5.41, 5.74) is 4.22.